The fraction of sp³-hybridized carbons (Fsp3) is 0.133. The highest BCUT2D eigenvalue weighted by molar-refractivity contribution is 7.89. The first kappa shape index (κ1) is 19.0. The number of halogens is 3. The molecule has 1 atom stereocenters. The summed E-state index contributed by atoms with van der Waals surface area (Å²) in [5.41, 5.74) is 0.497. The van der Waals surface area contributed by atoms with Crippen LogP contribution in [-0.4, -0.2) is 20.4 Å². The normalized spacial score (nSPS) is 12.7. The molecule has 0 aliphatic carbocycles. The van der Waals surface area contributed by atoms with Crippen molar-refractivity contribution in [3.63, 3.8) is 0 Å². The second-order valence-corrected chi connectivity index (χ2v) is 7.88. The Bertz CT molecular complexity index is 855. The number of carbonyl (C=O) groups excluding carboxylic acids is 1. The van der Waals surface area contributed by atoms with Crippen LogP contribution in [0.25, 0.3) is 0 Å². The fourth-order valence-electron chi connectivity index (χ4n) is 1.82. The van der Waals surface area contributed by atoms with E-state index in [0.29, 0.717) is 10.7 Å². The van der Waals surface area contributed by atoms with Crippen LogP contribution < -0.4 is 10.0 Å². The molecule has 2 aromatic carbocycles. The van der Waals surface area contributed by atoms with Crippen LogP contribution in [-0.2, 0) is 14.8 Å². The molecule has 2 rings (SSSR count). The van der Waals surface area contributed by atoms with Gasteiger partial charge in [-0.2, -0.15) is 4.72 Å². The molecule has 0 fully saturated rings. The van der Waals surface area contributed by atoms with E-state index in [0.717, 1.165) is 0 Å². The van der Waals surface area contributed by atoms with Crippen molar-refractivity contribution in [2.24, 2.45) is 0 Å². The molecule has 5 nitrogen and oxygen atoms in total. The van der Waals surface area contributed by atoms with Crippen molar-refractivity contribution in [1.82, 2.24) is 4.72 Å². The Kier molecular flexibility index (Phi) is 6.11. The molecule has 0 aliphatic heterocycles. The van der Waals surface area contributed by atoms with Gasteiger partial charge in [0, 0.05) is 15.7 Å². The van der Waals surface area contributed by atoms with Crippen molar-refractivity contribution in [2.45, 2.75) is 17.9 Å². The minimum absolute atomic E-state index is 0.0113. The summed E-state index contributed by atoms with van der Waals surface area (Å²) in [5.74, 6) is -0.529. The second kappa shape index (κ2) is 7.72. The lowest BCUT2D eigenvalue weighted by Gasteiger charge is -2.15. The first-order chi connectivity index (χ1) is 11.2. The smallest absolute Gasteiger partial charge is 0.242 e. The number of anilines is 1. The molecule has 9 heteroatoms. The molecule has 0 saturated carbocycles. The van der Waals surface area contributed by atoms with Crippen LogP contribution >= 0.6 is 34.8 Å². The van der Waals surface area contributed by atoms with Crippen LogP contribution in [0.15, 0.2) is 47.4 Å². The number of hydrogen-bond acceptors (Lipinski definition) is 3. The van der Waals surface area contributed by atoms with Gasteiger partial charge < -0.3 is 5.32 Å². The Morgan fingerprint density at radius 1 is 1.00 bits per heavy atom. The molecular weight excluding hydrogens is 395 g/mol. The molecule has 0 spiro atoms. The lowest BCUT2D eigenvalue weighted by Crippen LogP contribution is -2.41. The van der Waals surface area contributed by atoms with Gasteiger partial charge in [-0.15, -0.1) is 0 Å². The summed E-state index contributed by atoms with van der Waals surface area (Å²) in [6, 6.07) is 9.47. The summed E-state index contributed by atoms with van der Waals surface area (Å²) in [6.45, 7) is 1.42. The average molecular weight is 408 g/mol. The Balaban J connectivity index is 2.12. The maximum Gasteiger partial charge on any atom is 0.242 e. The predicted octanol–water partition coefficient (Wildman–Crippen LogP) is 3.95. The zero-order chi connectivity index (χ0) is 17.9. The summed E-state index contributed by atoms with van der Waals surface area (Å²) < 4.78 is 27.0. The van der Waals surface area contributed by atoms with Crippen LogP contribution in [0.5, 0.6) is 0 Å². The highest BCUT2D eigenvalue weighted by atomic mass is 35.5. The molecule has 0 saturated heterocycles. The molecule has 2 aromatic rings. The molecule has 0 aliphatic rings. The number of amides is 1. The zero-order valence-corrected chi connectivity index (χ0v) is 15.5. The molecule has 0 heterocycles. The molecule has 128 valence electrons. The van der Waals surface area contributed by atoms with Crippen molar-refractivity contribution in [2.75, 3.05) is 5.32 Å². The van der Waals surface area contributed by atoms with Gasteiger partial charge in [0.2, 0.25) is 15.9 Å². The molecule has 1 unspecified atom stereocenters. The first-order valence-electron chi connectivity index (χ1n) is 6.73. The number of benzene rings is 2. The van der Waals surface area contributed by atoms with Gasteiger partial charge in [0.05, 0.1) is 11.1 Å². The minimum atomic E-state index is -4.01. The van der Waals surface area contributed by atoms with E-state index in [2.05, 4.69) is 10.0 Å². The van der Waals surface area contributed by atoms with E-state index in [-0.39, 0.29) is 14.9 Å². The van der Waals surface area contributed by atoms with Crippen molar-refractivity contribution >= 4 is 56.4 Å². The van der Waals surface area contributed by atoms with E-state index >= 15 is 0 Å². The second-order valence-electron chi connectivity index (χ2n) is 4.91. The topological polar surface area (TPSA) is 75.3 Å². The van der Waals surface area contributed by atoms with E-state index in [1.54, 1.807) is 24.3 Å². The Hall–Kier alpha value is -1.31. The largest absolute Gasteiger partial charge is 0.325 e. The Morgan fingerprint density at radius 2 is 1.58 bits per heavy atom. The summed E-state index contributed by atoms with van der Waals surface area (Å²) in [4.78, 5) is 11.9. The zero-order valence-electron chi connectivity index (χ0n) is 12.4. The summed E-state index contributed by atoms with van der Waals surface area (Å²) >= 11 is 17.5. The molecule has 0 bridgehead atoms. The minimum Gasteiger partial charge on any atom is -0.325 e. The molecule has 1 amide bonds. The lowest BCUT2D eigenvalue weighted by molar-refractivity contribution is -0.117. The SMILES string of the molecule is CC(NS(=O)(=O)c1cc(Cl)ccc1Cl)C(=O)Nc1ccc(Cl)cc1. The maximum absolute atomic E-state index is 12.4. The third kappa shape index (κ3) is 4.84. The van der Waals surface area contributed by atoms with Crippen LogP contribution in [0, 0.1) is 0 Å². The van der Waals surface area contributed by atoms with Gasteiger partial charge >= 0.3 is 0 Å². The van der Waals surface area contributed by atoms with Crippen LogP contribution in [0.1, 0.15) is 6.92 Å². The quantitative estimate of drug-likeness (QED) is 0.788. The van der Waals surface area contributed by atoms with Gasteiger partial charge in [-0.3, -0.25) is 4.79 Å². The highest BCUT2D eigenvalue weighted by Crippen LogP contribution is 2.25. The van der Waals surface area contributed by atoms with Gasteiger partial charge in [-0.1, -0.05) is 34.8 Å². The molecule has 0 radical (unpaired) electrons. The van der Waals surface area contributed by atoms with Crippen molar-refractivity contribution < 1.29 is 13.2 Å². The number of hydrogen-bond donors (Lipinski definition) is 2. The van der Waals surface area contributed by atoms with Crippen molar-refractivity contribution in [1.29, 1.82) is 0 Å². The number of rotatable bonds is 5. The summed E-state index contributed by atoms with van der Waals surface area (Å²) in [5, 5.41) is 3.34. The summed E-state index contributed by atoms with van der Waals surface area (Å²) in [7, 11) is -4.01. The maximum atomic E-state index is 12.4. The van der Waals surface area contributed by atoms with E-state index in [1.165, 1.54) is 25.1 Å². The molecule has 0 aromatic heterocycles. The van der Waals surface area contributed by atoms with Gasteiger partial charge in [0.15, 0.2) is 0 Å². The number of sulfonamides is 1. The van der Waals surface area contributed by atoms with Crippen LogP contribution in [0.4, 0.5) is 5.69 Å². The van der Waals surface area contributed by atoms with Crippen molar-refractivity contribution in [3.8, 4) is 0 Å². The number of nitrogens with one attached hydrogen (secondary N) is 2. The van der Waals surface area contributed by atoms with E-state index < -0.39 is 22.0 Å². The van der Waals surface area contributed by atoms with Crippen LogP contribution in [0.2, 0.25) is 15.1 Å². The third-order valence-electron chi connectivity index (χ3n) is 3.02. The summed E-state index contributed by atoms with van der Waals surface area (Å²) in [6.07, 6.45) is 0. The standard InChI is InChI=1S/C15H13Cl3N2O3S/c1-9(15(21)19-12-5-2-10(16)3-6-12)20-24(22,23)14-8-11(17)4-7-13(14)18/h2-9,20H,1H3,(H,19,21). The van der Waals surface area contributed by atoms with Gasteiger partial charge in [-0.05, 0) is 49.4 Å². The van der Waals surface area contributed by atoms with Crippen LogP contribution in [0.3, 0.4) is 0 Å². The van der Waals surface area contributed by atoms with Gasteiger partial charge in [0.1, 0.15) is 4.90 Å². The van der Waals surface area contributed by atoms with Gasteiger partial charge in [0.25, 0.3) is 0 Å². The monoisotopic (exact) mass is 406 g/mol. The average Bonchev–Trinajstić information content (AvgIpc) is 2.51. The fourth-order valence-corrected chi connectivity index (χ4v) is 3.91. The lowest BCUT2D eigenvalue weighted by atomic mass is 10.3. The van der Waals surface area contributed by atoms with E-state index in [1.807, 2.05) is 0 Å². The Labute approximate surface area is 155 Å². The Morgan fingerprint density at radius 3 is 2.21 bits per heavy atom. The number of carbonyl (C=O) groups is 1. The molecular formula is C15H13Cl3N2O3S. The molecule has 24 heavy (non-hydrogen) atoms. The van der Waals surface area contributed by atoms with Gasteiger partial charge in [-0.25, -0.2) is 8.42 Å². The van der Waals surface area contributed by atoms with Crippen molar-refractivity contribution in [3.05, 3.63) is 57.5 Å². The molecule has 2 N–H and O–H groups in total. The van der Waals surface area contributed by atoms with E-state index in [4.69, 9.17) is 34.8 Å². The predicted molar refractivity (Wildman–Crippen MR) is 96.3 cm³/mol. The van der Waals surface area contributed by atoms with E-state index in [9.17, 15) is 13.2 Å². The highest BCUT2D eigenvalue weighted by Gasteiger charge is 2.24. The third-order valence-corrected chi connectivity index (χ3v) is 5.53. The first-order valence-corrected chi connectivity index (χ1v) is 9.34.